The first kappa shape index (κ1) is 15.0. The van der Waals surface area contributed by atoms with E-state index in [0.29, 0.717) is 6.61 Å². The normalized spacial score (nSPS) is 20.1. The lowest BCUT2D eigenvalue weighted by atomic mass is 9.83. The first-order valence-electron chi connectivity index (χ1n) is 6.90. The fraction of sp³-hybridized carbons (Fsp3) is 0.667. The Kier molecular flexibility index (Phi) is 6.13. The molecule has 0 amide bonds. The van der Waals surface area contributed by atoms with E-state index in [1.165, 1.54) is 6.42 Å². The summed E-state index contributed by atoms with van der Waals surface area (Å²) >= 11 is 0. The number of hydrogen-bond acceptors (Lipinski definition) is 3. The van der Waals surface area contributed by atoms with E-state index in [4.69, 9.17) is 10.5 Å². The van der Waals surface area contributed by atoms with Crippen LogP contribution in [0.1, 0.15) is 52.4 Å². The van der Waals surface area contributed by atoms with E-state index < -0.39 is 5.54 Å². The summed E-state index contributed by atoms with van der Waals surface area (Å²) in [6, 6.07) is 0. The predicted octanol–water partition coefficient (Wildman–Crippen LogP) is 3.10. The predicted molar refractivity (Wildman–Crippen MR) is 74.2 cm³/mol. The van der Waals surface area contributed by atoms with E-state index in [0.717, 1.165) is 37.7 Å². The van der Waals surface area contributed by atoms with E-state index in [9.17, 15) is 4.79 Å². The van der Waals surface area contributed by atoms with E-state index >= 15 is 0 Å². The lowest BCUT2D eigenvalue weighted by Gasteiger charge is -2.30. The van der Waals surface area contributed by atoms with Gasteiger partial charge in [-0.05, 0) is 31.8 Å². The number of hydrogen-bond donors (Lipinski definition) is 1. The Bertz CT molecular complexity index is 325. The third-order valence-electron chi connectivity index (χ3n) is 3.37. The van der Waals surface area contributed by atoms with Crippen molar-refractivity contribution in [1.82, 2.24) is 0 Å². The van der Waals surface area contributed by atoms with Gasteiger partial charge in [0.2, 0.25) is 0 Å². The number of ether oxygens (including phenoxy) is 1. The summed E-state index contributed by atoms with van der Waals surface area (Å²) in [5.41, 5.74) is 6.42. The van der Waals surface area contributed by atoms with Crippen LogP contribution in [0.15, 0.2) is 23.8 Å². The summed E-state index contributed by atoms with van der Waals surface area (Å²) in [7, 11) is 0. The Morgan fingerprint density at radius 1 is 1.33 bits per heavy atom. The van der Waals surface area contributed by atoms with Gasteiger partial charge in [0, 0.05) is 0 Å². The Hall–Kier alpha value is -1.09. The van der Waals surface area contributed by atoms with Gasteiger partial charge >= 0.3 is 5.97 Å². The molecule has 1 rings (SSSR count). The van der Waals surface area contributed by atoms with Gasteiger partial charge < -0.3 is 10.5 Å². The number of nitrogens with two attached hydrogens (primary N) is 1. The summed E-state index contributed by atoms with van der Waals surface area (Å²) in [6.45, 7) is 4.35. The molecule has 0 saturated heterocycles. The van der Waals surface area contributed by atoms with Crippen LogP contribution in [0.2, 0.25) is 0 Å². The van der Waals surface area contributed by atoms with Crippen LogP contribution >= 0.6 is 0 Å². The van der Waals surface area contributed by atoms with Crippen molar-refractivity contribution in [3.05, 3.63) is 23.8 Å². The van der Waals surface area contributed by atoms with Crippen LogP contribution in [0.4, 0.5) is 0 Å². The van der Waals surface area contributed by atoms with Crippen molar-refractivity contribution in [2.45, 2.75) is 57.9 Å². The fourth-order valence-electron chi connectivity index (χ4n) is 2.33. The maximum atomic E-state index is 12.0. The molecule has 0 aromatic carbocycles. The molecule has 102 valence electrons. The monoisotopic (exact) mass is 251 g/mol. The molecule has 18 heavy (non-hydrogen) atoms. The number of carbonyl (C=O) groups excluding carboxylic acids is 1. The van der Waals surface area contributed by atoms with Gasteiger partial charge in [-0.3, -0.25) is 4.79 Å². The molecule has 0 heterocycles. The molecule has 0 aliphatic heterocycles. The standard InChI is InChI=1S/C15H25NO2/c1-3-8-13(9-4-2)12-18-14(17)15(16)10-6-5-7-11-15/h3,8-9H,4-7,10-12,16H2,1-2H3/b8-3-,13-9+. The number of allylic oxidation sites excluding steroid dienone is 2. The second kappa shape index (κ2) is 7.37. The van der Waals surface area contributed by atoms with Crippen LogP contribution in [-0.4, -0.2) is 18.1 Å². The van der Waals surface area contributed by atoms with Crippen LogP contribution < -0.4 is 5.73 Å². The van der Waals surface area contributed by atoms with Crippen molar-refractivity contribution < 1.29 is 9.53 Å². The molecule has 3 nitrogen and oxygen atoms in total. The van der Waals surface area contributed by atoms with Crippen molar-refractivity contribution in [3.8, 4) is 0 Å². The van der Waals surface area contributed by atoms with Crippen molar-refractivity contribution in [2.24, 2.45) is 5.73 Å². The quantitative estimate of drug-likeness (QED) is 0.603. The highest BCUT2D eigenvalue weighted by atomic mass is 16.5. The van der Waals surface area contributed by atoms with Gasteiger partial charge in [0.15, 0.2) is 0 Å². The molecule has 0 aromatic heterocycles. The zero-order valence-corrected chi connectivity index (χ0v) is 11.6. The minimum absolute atomic E-state index is 0.242. The van der Waals surface area contributed by atoms with Gasteiger partial charge in [0.05, 0.1) is 0 Å². The molecule has 1 aliphatic rings. The highest BCUT2D eigenvalue weighted by Gasteiger charge is 2.36. The maximum Gasteiger partial charge on any atom is 0.326 e. The summed E-state index contributed by atoms with van der Waals surface area (Å²) in [4.78, 5) is 12.0. The first-order valence-corrected chi connectivity index (χ1v) is 6.90. The zero-order chi connectivity index (χ0) is 13.4. The molecule has 0 spiro atoms. The van der Waals surface area contributed by atoms with Crippen molar-refractivity contribution >= 4 is 5.97 Å². The molecule has 1 fully saturated rings. The average molecular weight is 251 g/mol. The summed E-state index contributed by atoms with van der Waals surface area (Å²) in [5.74, 6) is -0.242. The minimum Gasteiger partial charge on any atom is -0.459 e. The lowest BCUT2D eigenvalue weighted by Crippen LogP contribution is -2.50. The molecule has 2 N–H and O–H groups in total. The second-order valence-electron chi connectivity index (χ2n) is 4.98. The van der Waals surface area contributed by atoms with Crippen molar-refractivity contribution in [1.29, 1.82) is 0 Å². The number of carbonyl (C=O) groups is 1. The van der Waals surface area contributed by atoms with Gasteiger partial charge in [-0.2, -0.15) is 0 Å². The third-order valence-corrected chi connectivity index (χ3v) is 3.37. The van der Waals surface area contributed by atoms with Gasteiger partial charge in [0.25, 0.3) is 0 Å². The van der Waals surface area contributed by atoms with E-state index in [1.807, 2.05) is 19.1 Å². The Labute approximate surface area is 110 Å². The SMILES string of the molecule is C/C=C\C(=C/CC)COC(=O)C1(N)CCCCC1. The topological polar surface area (TPSA) is 52.3 Å². The fourth-order valence-corrected chi connectivity index (χ4v) is 2.33. The molecular weight excluding hydrogens is 226 g/mol. The third kappa shape index (κ3) is 4.30. The first-order chi connectivity index (χ1) is 8.62. The van der Waals surface area contributed by atoms with Crippen molar-refractivity contribution in [2.75, 3.05) is 6.61 Å². The Morgan fingerprint density at radius 3 is 2.56 bits per heavy atom. The van der Waals surface area contributed by atoms with Crippen molar-refractivity contribution in [3.63, 3.8) is 0 Å². The minimum atomic E-state index is -0.745. The Balaban J connectivity index is 2.51. The molecule has 0 aromatic rings. The van der Waals surface area contributed by atoms with E-state index in [2.05, 4.69) is 13.0 Å². The smallest absolute Gasteiger partial charge is 0.326 e. The summed E-state index contributed by atoms with van der Waals surface area (Å²) in [6.07, 6.45) is 11.7. The molecular formula is C15H25NO2. The highest BCUT2D eigenvalue weighted by molar-refractivity contribution is 5.80. The molecule has 0 radical (unpaired) electrons. The maximum absolute atomic E-state index is 12.0. The summed E-state index contributed by atoms with van der Waals surface area (Å²) < 4.78 is 5.37. The molecule has 0 atom stereocenters. The van der Waals surface area contributed by atoms with Gasteiger partial charge in [-0.1, -0.05) is 44.4 Å². The zero-order valence-electron chi connectivity index (χ0n) is 11.6. The molecule has 3 heteroatoms. The van der Waals surface area contributed by atoms with Crippen LogP contribution in [0, 0.1) is 0 Å². The van der Waals surface area contributed by atoms with Gasteiger partial charge in [0.1, 0.15) is 12.1 Å². The molecule has 1 saturated carbocycles. The van der Waals surface area contributed by atoms with Gasteiger partial charge in [-0.15, -0.1) is 0 Å². The molecule has 0 unspecified atom stereocenters. The van der Waals surface area contributed by atoms with E-state index in [-0.39, 0.29) is 5.97 Å². The van der Waals surface area contributed by atoms with Gasteiger partial charge in [-0.25, -0.2) is 0 Å². The second-order valence-corrected chi connectivity index (χ2v) is 4.98. The highest BCUT2D eigenvalue weighted by Crippen LogP contribution is 2.27. The molecule has 1 aliphatic carbocycles. The number of esters is 1. The van der Waals surface area contributed by atoms with Crippen LogP contribution in [0.3, 0.4) is 0 Å². The average Bonchev–Trinajstić information content (AvgIpc) is 2.37. The summed E-state index contributed by atoms with van der Waals surface area (Å²) in [5, 5.41) is 0. The largest absolute Gasteiger partial charge is 0.459 e. The van der Waals surface area contributed by atoms with Crippen LogP contribution in [0.25, 0.3) is 0 Å². The van der Waals surface area contributed by atoms with E-state index in [1.54, 1.807) is 0 Å². The lowest BCUT2D eigenvalue weighted by molar-refractivity contribution is -0.150. The van der Waals surface area contributed by atoms with Crippen LogP contribution in [-0.2, 0) is 9.53 Å². The Morgan fingerprint density at radius 2 is 2.00 bits per heavy atom. The number of rotatable bonds is 5. The van der Waals surface area contributed by atoms with Crippen LogP contribution in [0.5, 0.6) is 0 Å². The molecule has 0 bridgehead atoms.